The molecular weight excluding hydrogens is 629 g/mol. The highest BCUT2D eigenvalue weighted by atomic mass is 35.5. The van der Waals surface area contributed by atoms with Crippen LogP contribution < -0.4 is 9.62 Å². The van der Waals surface area contributed by atoms with E-state index in [1.807, 2.05) is 57.2 Å². The summed E-state index contributed by atoms with van der Waals surface area (Å²) in [7, 11) is -4.20. The Kier molecular flexibility index (Phi) is 11.7. The van der Waals surface area contributed by atoms with E-state index in [4.69, 9.17) is 23.2 Å². The van der Waals surface area contributed by atoms with Crippen LogP contribution in [0.2, 0.25) is 10.0 Å². The van der Waals surface area contributed by atoms with E-state index in [0.29, 0.717) is 22.0 Å². The molecular formula is C35H37Cl2N3O4S. The number of carbonyl (C=O) groups excluding carboxylic acids is 2. The van der Waals surface area contributed by atoms with Gasteiger partial charge in [-0.3, -0.25) is 13.9 Å². The van der Waals surface area contributed by atoms with Gasteiger partial charge in [-0.15, -0.1) is 0 Å². The SMILES string of the molecule is CC[C@H](C)NC(=O)[C@H](Cc1ccccc1)N(Cc1cccc(Cl)c1)C(=O)CN(c1ccc(Cl)cc1)S(=O)(=O)c1ccc(C)cc1. The Labute approximate surface area is 275 Å². The standard InChI is InChI=1S/C35H37Cl2N3O4S/c1-4-26(3)38-35(42)33(22-27-9-6-5-7-10-27)39(23-28-11-8-12-30(37)21-28)34(41)24-40(31-17-15-29(36)16-18-31)45(43,44)32-19-13-25(2)14-20-32/h5-21,26,33H,4,22-24H2,1-3H3,(H,38,42)/t26-,33-/m0/s1. The van der Waals surface area contributed by atoms with Gasteiger partial charge in [0, 0.05) is 29.1 Å². The van der Waals surface area contributed by atoms with Crippen LogP contribution in [0.25, 0.3) is 0 Å². The fourth-order valence-corrected chi connectivity index (χ4v) is 6.55. The monoisotopic (exact) mass is 665 g/mol. The van der Waals surface area contributed by atoms with Crippen LogP contribution in [0.4, 0.5) is 5.69 Å². The molecule has 0 aromatic heterocycles. The third-order valence-electron chi connectivity index (χ3n) is 7.52. The second-order valence-corrected chi connectivity index (χ2v) is 13.7. The van der Waals surface area contributed by atoms with Crippen LogP contribution in [0.3, 0.4) is 0 Å². The molecule has 4 rings (SSSR count). The number of benzene rings is 4. The lowest BCUT2D eigenvalue weighted by atomic mass is 10.0. The Morgan fingerprint density at radius 3 is 2.09 bits per heavy atom. The Balaban J connectivity index is 1.80. The molecule has 10 heteroatoms. The highest BCUT2D eigenvalue weighted by Crippen LogP contribution is 2.27. The topological polar surface area (TPSA) is 86.8 Å². The lowest BCUT2D eigenvalue weighted by Crippen LogP contribution is -2.54. The Hall–Kier alpha value is -3.85. The summed E-state index contributed by atoms with van der Waals surface area (Å²) < 4.78 is 29.3. The normalized spacial score (nSPS) is 12.6. The van der Waals surface area contributed by atoms with E-state index in [9.17, 15) is 18.0 Å². The first-order valence-electron chi connectivity index (χ1n) is 14.7. The highest BCUT2D eigenvalue weighted by molar-refractivity contribution is 7.92. The minimum atomic E-state index is -4.20. The van der Waals surface area contributed by atoms with Gasteiger partial charge in [-0.05, 0) is 79.9 Å². The number of aryl methyl sites for hydroxylation is 1. The molecule has 2 atom stereocenters. The summed E-state index contributed by atoms with van der Waals surface area (Å²) in [4.78, 5) is 29.9. The van der Waals surface area contributed by atoms with Gasteiger partial charge >= 0.3 is 0 Å². The van der Waals surface area contributed by atoms with Crippen LogP contribution in [-0.4, -0.2) is 43.8 Å². The number of hydrogen-bond acceptors (Lipinski definition) is 4. The number of nitrogens with one attached hydrogen (secondary N) is 1. The smallest absolute Gasteiger partial charge is 0.264 e. The van der Waals surface area contributed by atoms with Crippen molar-refractivity contribution in [3.63, 3.8) is 0 Å². The number of hydrogen-bond donors (Lipinski definition) is 1. The number of nitrogens with zero attached hydrogens (tertiary/aromatic N) is 2. The quantitative estimate of drug-likeness (QED) is 0.166. The Bertz CT molecular complexity index is 1700. The molecule has 45 heavy (non-hydrogen) atoms. The molecule has 0 aliphatic carbocycles. The molecule has 1 N–H and O–H groups in total. The van der Waals surface area contributed by atoms with Gasteiger partial charge in [-0.2, -0.15) is 0 Å². The summed E-state index contributed by atoms with van der Waals surface area (Å²) in [5.74, 6) is -0.885. The van der Waals surface area contributed by atoms with Crippen molar-refractivity contribution in [1.29, 1.82) is 0 Å². The predicted octanol–water partition coefficient (Wildman–Crippen LogP) is 7.05. The number of amides is 2. The molecule has 4 aromatic carbocycles. The van der Waals surface area contributed by atoms with Crippen LogP contribution in [-0.2, 0) is 32.6 Å². The summed E-state index contributed by atoms with van der Waals surface area (Å²) in [6.07, 6.45) is 0.923. The first-order valence-corrected chi connectivity index (χ1v) is 16.9. The van der Waals surface area contributed by atoms with E-state index < -0.39 is 28.5 Å². The Morgan fingerprint density at radius 1 is 0.822 bits per heavy atom. The van der Waals surface area contributed by atoms with Crippen molar-refractivity contribution in [1.82, 2.24) is 10.2 Å². The van der Waals surface area contributed by atoms with Crippen molar-refractivity contribution in [2.24, 2.45) is 0 Å². The fraction of sp³-hybridized carbons (Fsp3) is 0.257. The summed E-state index contributed by atoms with van der Waals surface area (Å²) >= 11 is 12.4. The second-order valence-electron chi connectivity index (χ2n) is 11.0. The zero-order valence-electron chi connectivity index (χ0n) is 25.5. The zero-order chi connectivity index (χ0) is 32.6. The molecule has 0 saturated carbocycles. The minimum Gasteiger partial charge on any atom is -0.352 e. The molecule has 2 amide bonds. The van der Waals surface area contributed by atoms with Crippen molar-refractivity contribution < 1.29 is 18.0 Å². The molecule has 0 aliphatic heterocycles. The summed E-state index contributed by atoms with van der Waals surface area (Å²) in [6, 6.07) is 28.1. The molecule has 0 spiro atoms. The third-order valence-corrected chi connectivity index (χ3v) is 9.79. The van der Waals surface area contributed by atoms with Crippen molar-refractivity contribution in [3.05, 3.63) is 130 Å². The number of carbonyl (C=O) groups is 2. The van der Waals surface area contributed by atoms with Crippen LogP contribution >= 0.6 is 23.2 Å². The molecule has 0 bridgehead atoms. The zero-order valence-corrected chi connectivity index (χ0v) is 27.8. The van der Waals surface area contributed by atoms with Crippen molar-refractivity contribution >= 4 is 50.7 Å². The van der Waals surface area contributed by atoms with Crippen molar-refractivity contribution in [3.8, 4) is 0 Å². The van der Waals surface area contributed by atoms with Crippen LogP contribution in [0.5, 0.6) is 0 Å². The molecule has 0 heterocycles. The largest absolute Gasteiger partial charge is 0.352 e. The molecule has 7 nitrogen and oxygen atoms in total. The van der Waals surface area contributed by atoms with Crippen LogP contribution in [0, 0.1) is 6.92 Å². The number of rotatable bonds is 13. The third kappa shape index (κ3) is 9.10. The van der Waals surface area contributed by atoms with E-state index in [1.165, 1.54) is 17.0 Å². The molecule has 4 aromatic rings. The maximum absolute atomic E-state index is 14.5. The van der Waals surface area contributed by atoms with Gasteiger partial charge < -0.3 is 10.2 Å². The number of sulfonamides is 1. The van der Waals surface area contributed by atoms with E-state index >= 15 is 0 Å². The van der Waals surface area contributed by atoms with E-state index in [2.05, 4.69) is 5.32 Å². The van der Waals surface area contributed by atoms with E-state index in [1.54, 1.807) is 54.6 Å². The second kappa shape index (κ2) is 15.4. The maximum Gasteiger partial charge on any atom is 0.264 e. The van der Waals surface area contributed by atoms with Gasteiger partial charge in [-0.1, -0.05) is 90.3 Å². The maximum atomic E-state index is 14.5. The molecule has 0 aliphatic rings. The van der Waals surface area contributed by atoms with E-state index in [0.717, 1.165) is 15.4 Å². The summed E-state index contributed by atoms with van der Waals surface area (Å²) in [5, 5.41) is 3.93. The molecule has 0 saturated heterocycles. The molecule has 0 unspecified atom stereocenters. The lowest BCUT2D eigenvalue weighted by molar-refractivity contribution is -0.140. The van der Waals surface area contributed by atoms with Gasteiger partial charge in [0.1, 0.15) is 12.6 Å². The minimum absolute atomic E-state index is 0.0316. The summed E-state index contributed by atoms with van der Waals surface area (Å²) in [5.41, 5.74) is 2.71. The summed E-state index contributed by atoms with van der Waals surface area (Å²) in [6.45, 7) is 5.20. The lowest BCUT2D eigenvalue weighted by Gasteiger charge is -2.34. The first kappa shape index (κ1) is 34.0. The van der Waals surface area contributed by atoms with Gasteiger partial charge in [0.05, 0.1) is 10.6 Å². The van der Waals surface area contributed by atoms with Gasteiger partial charge in [0.25, 0.3) is 10.0 Å². The molecule has 0 radical (unpaired) electrons. The van der Waals surface area contributed by atoms with Crippen LogP contribution in [0.1, 0.15) is 37.0 Å². The average Bonchev–Trinajstić information content (AvgIpc) is 3.02. The van der Waals surface area contributed by atoms with Gasteiger partial charge in [0.15, 0.2) is 0 Å². The average molecular weight is 667 g/mol. The van der Waals surface area contributed by atoms with Gasteiger partial charge in [0.2, 0.25) is 11.8 Å². The number of anilines is 1. The van der Waals surface area contributed by atoms with Gasteiger partial charge in [-0.25, -0.2) is 8.42 Å². The van der Waals surface area contributed by atoms with Crippen molar-refractivity contribution in [2.45, 2.75) is 57.1 Å². The van der Waals surface area contributed by atoms with Crippen LogP contribution in [0.15, 0.2) is 108 Å². The fourth-order valence-electron chi connectivity index (χ4n) is 4.80. The van der Waals surface area contributed by atoms with Crippen molar-refractivity contribution in [2.75, 3.05) is 10.8 Å². The van der Waals surface area contributed by atoms with E-state index in [-0.39, 0.29) is 35.5 Å². The highest BCUT2D eigenvalue weighted by Gasteiger charge is 2.35. The Morgan fingerprint density at radius 2 is 1.47 bits per heavy atom. The molecule has 236 valence electrons. The predicted molar refractivity (Wildman–Crippen MR) is 181 cm³/mol. The first-order chi connectivity index (χ1) is 21.5. The molecule has 0 fully saturated rings. The number of halogens is 2.